The Morgan fingerprint density at radius 1 is 1.47 bits per heavy atom. The van der Waals surface area contributed by atoms with Gasteiger partial charge in [-0.2, -0.15) is 5.10 Å². The van der Waals surface area contributed by atoms with E-state index in [2.05, 4.69) is 17.0 Å². The van der Waals surface area contributed by atoms with Crippen LogP contribution in [-0.4, -0.2) is 35.1 Å². The van der Waals surface area contributed by atoms with Gasteiger partial charge in [-0.05, 0) is 13.8 Å². The molecule has 0 saturated carbocycles. The van der Waals surface area contributed by atoms with E-state index in [0.29, 0.717) is 5.69 Å². The standard InChI is InChI=1S/C12H17N3O4/c1-5-7-19-12(17)13-10-9(11(16)18-6-2)8(3)14-15(10)4/h5H,1,6-7H2,2-4H3,(H,13,17). The van der Waals surface area contributed by atoms with Crippen LogP contribution in [0.1, 0.15) is 23.0 Å². The fraction of sp³-hybridized carbons (Fsp3) is 0.417. The summed E-state index contributed by atoms with van der Waals surface area (Å²) < 4.78 is 11.1. The number of ether oxygens (including phenoxy) is 2. The maximum absolute atomic E-state index is 11.8. The van der Waals surface area contributed by atoms with Crippen molar-refractivity contribution in [2.75, 3.05) is 18.5 Å². The maximum Gasteiger partial charge on any atom is 0.413 e. The fourth-order valence-corrected chi connectivity index (χ4v) is 1.52. The Bertz CT molecular complexity index is 493. The molecule has 1 N–H and O–H groups in total. The number of amides is 1. The Kier molecular flexibility index (Phi) is 5.11. The van der Waals surface area contributed by atoms with Crippen molar-refractivity contribution >= 4 is 17.9 Å². The number of carbonyl (C=O) groups is 2. The minimum absolute atomic E-state index is 0.0808. The second kappa shape index (κ2) is 6.58. The van der Waals surface area contributed by atoms with Gasteiger partial charge in [-0.1, -0.05) is 12.7 Å². The van der Waals surface area contributed by atoms with Crippen LogP contribution in [0.2, 0.25) is 0 Å². The molecule has 7 heteroatoms. The molecule has 0 bridgehead atoms. The summed E-state index contributed by atoms with van der Waals surface area (Å²) in [6, 6.07) is 0. The summed E-state index contributed by atoms with van der Waals surface area (Å²) in [5, 5.41) is 6.54. The number of aryl methyl sites for hydroxylation is 2. The molecule has 19 heavy (non-hydrogen) atoms. The van der Waals surface area contributed by atoms with Crippen molar-refractivity contribution in [1.29, 1.82) is 0 Å². The normalized spacial score (nSPS) is 9.84. The second-order valence-electron chi connectivity index (χ2n) is 3.67. The fourth-order valence-electron chi connectivity index (χ4n) is 1.52. The van der Waals surface area contributed by atoms with Gasteiger partial charge in [-0.3, -0.25) is 10.00 Å². The predicted molar refractivity (Wildman–Crippen MR) is 69.1 cm³/mol. The number of hydrogen-bond donors (Lipinski definition) is 1. The van der Waals surface area contributed by atoms with Crippen LogP contribution in [0.25, 0.3) is 0 Å². The molecule has 7 nitrogen and oxygen atoms in total. The number of anilines is 1. The predicted octanol–water partition coefficient (Wildman–Crippen LogP) is 1.64. The molecule has 0 atom stereocenters. The molecule has 0 fully saturated rings. The molecule has 0 radical (unpaired) electrons. The molecular weight excluding hydrogens is 250 g/mol. The van der Waals surface area contributed by atoms with Crippen molar-refractivity contribution in [3.63, 3.8) is 0 Å². The van der Waals surface area contributed by atoms with Crippen LogP contribution < -0.4 is 5.32 Å². The monoisotopic (exact) mass is 267 g/mol. The van der Waals surface area contributed by atoms with E-state index in [1.54, 1.807) is 20.9 Å². The molecule has 1 rings (SSSR count). The molecule has 0 saturated heterocycles. The van der Waals surface area contributed by atoms with Gasteiger partial charge in [-0.15, -0.1) is 0 Å². The first-order chi connectivity index (χ1) is 9.01. The zero-order valence-electron chi connectivity index (χ0n) is 11.2. The Morgan fingerprint density at radius 3 is 2.74 bits per heavy atom. The first-order valence-corrected chi connectivity index (χ1v) is 5.76. The SMILES string of the molecule is C=CCOC(=O)Nc1c(C(=O)OCC)c(C)nn1C. The van der Waals surface area contributed by atoms with Crippen molar-refractivity contribution in [3.05, 3.63) is 23.9 Å². The van der Waals surface area contributed by atoms with Crippen LogP contribution in [0.4, 0.5) is 10.6 Å². The lowest BCUT2D eigenvalue weighted by atomic mass is 10.2. The number of aromatic nitrogens is 2. The smallest absolute Gasteiger partial charge is 0.413 e. The van der Waals surface area contributed by atoms with Gasteiger partial charge < -0.3 is 9.47 Å². The minimum atomic E-state index is -0.687. The molecule has 1 heterocycles. The highest BCUT2D eigenvalue weighted by molar-refractivity contribution is 5.99. The third kappa shape index (κ3) is 3.57. The first kappa shape index (κ1) is 14.7. The van der Waals surface area contributed by atoms with Gasteiger partial charge >= 0.3 is 12.1 Å². The van der Waals surface area contributed by atoms with Crippen molar-refractivity contribution in [2.24, 2.45) is 7.05 Å². The number of nitrogens with zero attached hydrogens (tertiary/aromatic N) is 2. The molecule has 0 aliphatic carbocycles. The van der Waals surface area contributed by atoms with Crippen LogP contribution in [0.15, 0.2) is 12.7 Å². The number of carbonyl (C=O) groups excluding carboxylic acids is 2. The zero-order chi connectivity index (χ0) is 14.4. The van der Waals surface area contributed by atoms with Crippen LogP contribution in [0.5, 0.6) is 0 Å². The van der Waals surface area contributed by atoms with Gasteiger partial charge in [0.25, 0.3) is 0 Å². The van der Waals surface area contributed by atoms with Gasteiger partial charge in [0.05, 0.1) is 12.3 Å². The highest BCUT2D eigenvalue weighted by atomic mass is 16.5. The van der Waals surface area contributed by atoms with Gasteiger partial charge in [0.1, 0.15) is 18.0 Å². The minimum Gasteiger partial charge on any atom is -0.462 e. The number of hydrogen-bond acceptors (Lipinski definition) is 5. The summed E-state index contributed by atoms with van der Waals surface area (Å²) in [6.45, 7) is 7.12. The summed E-state index contributed by atoms with van der Waals surface area (Å²) in [5.74, 6) is -0.294. The Hall–Kier alpha value is -2.31. The first-order valence-electron chi connectivity index (χ1n) is 5.76. The van der Waals surface area contributed by atoms with E-state index in [1.165, 1.54) is 10.8 Å². The molecular formula is C12H17N3O4. The van der Waals surface area contributed by atoms with Crippen molar-refractivity contribution < 1.29 is 19.1 Å². The molecule has 1 amide bonds. The summed E-state index contributed by atoms with van der Waals surface area (Å²) in [5.41, 5.74) is 0.694. The molecule has 0 spiro atoms. The number of nitrogens with one attached hydrogen (secondary N) is 1. The summed E-state index contributed by atoms with van der Waals surface area (Å²) in [7, 11) is 1.61. The molecule has 104 valence electrons. The van der Waals surface area contributed by atoms with E-state index in [4.69, 9.17) is 9.47 Å². The maximum atomic E-state index is 11.8. The lowest BCUT2D eigenvalue weighted by molar-refractivity contribution is 0.0526. The van der Waals surface area contributed by atoms with E-state index in [-0.39, 0.29) is 24.6 Å². The second-order valence-corrected chi connectivity index (χ2v) is 3.67. The Balaban J connectivity index is 2.96. The van der Waals surface area contributed by atoms with Crippen molar-refractivity contribution in [2.45, 2.75) is 13.8 Å². The van der Waals surface area contributed by atoms with E-state index >= 15 is 0 Å². The Labute approximate surface area is 111 Å². The number of esters is 1. The molecule has 1 aromatic rings. The van der Waals surface area contributed by atoms with Crippen LogP contribution in [-0.2, 0) is 16.5 Å². The van der Waals surface area contributed by atoms with Gasteiger partial charge in [0.15, 0.2) is 0 Å². The number of rotatable bonds is 5. The van der Waals surface area contributed by atoms with Crippen LogP contribution >= 0.6 is 0 Å². The van der Waals surface area contributed by atoms with Gasteiger partial charge in [0, 0.05) is 7.05 Å². The van der Waals surface area contributed by atoms with E-state index in [0.717, 1.165) is 0 Å². The zero-order valence-corrected chi connectivity index (χ0v) is 11.2. The highest BCUT2D eigenvalue weighted by Gasteiger charge is 2.23. The molecule has 1 aromatic heterocycles. The third-order valence-electron chi connectivity index (χ3n) is 2.25. The topological polar surface area (TPSA) is 82.4 Å². The van der Waals surface area contributed by atoms with E-state index < -0.39 is 12.1 Å². The van der Waals surface area contributed by atoms with Crippen molar-refractivity contribution in [3.8, 4) is 0 Å². The van der Waals surface area contributed by atoms with Gasteiger partial charge in [-0.25, -0.2) is 9.59 Å². The van der Waals surface area contributed by atoms with E-state index in [1.807, 2.05) is 0 Å². The third-order valence-corrected chi connectivity index (χ3v) is 2.25. The largest absolute Gasteiger partial charge is 0.462 e. The molecule has 0 aliphatic rings. The molecule has 0 aliphatic heterocycles. The van der Waals surface area contributed by atoms with Crippen LogP contribution in [0.3, 0.4) is 0 Å². The summed E-state index contributed by atoms with van der Waals surface area (Å²) in [4.78, 5) is 23.3. The van der Waals surface area contributed by atoms with E-state index in [9.17, 15) is 9.59 Å². The quantitative estimate of drug-likeness (QED) is 0.647. The summed E-state index contributed by atoms with van der Waals surface area (Å²) in [6.07, 6.45) is 0.758. The average molecular weight is 267 g/mol. The average Bonchev–Trinajstić information content (AvgIpc) is 2.62. The Morgan fingerprint density at radius 2 is 2.16 bits per heavy atom. The lowest BCUT2D eigenvalue weighted by Gasteiger charge is -2.08. The molecule has 0 unspecified atom stereocenters. The van der Waals surface area contributed by atoms with Gasteiger partial charge in [0.2, 0.25) is 0 Å². The summed E-state index contributed by atoms with van der Waals surface area (Å²) >= 11 is 0. The van der Waals surface area contributed by atoms with Crippen LogP contribution in [0, 0.1) is 6.92 Å². The van der Waals surface area contributed by atoms with Crippen molar-refractivity contribution in [1.82, 2.24) is 9.78 Å². The highest BCUT2D eigenvalue weighted by Crippen LogP contribution is 2.20. The molecule has 0 aromatic carbocycles. The lowest BCUT2D eigenvalue weighted by Crippen LogP contribution is -2.18.